The molecule has 0 bridgehead atoms. The number of rotatable bonds is 0. The Morgan fingerprint density at radius 1 is 1.17 bits per heavy atom. The largest absolute Gasteiger partial charge is 0.357 e. The zero-order valence-corrected chi connectivity index (χ0v) is 12.1. The van der Waals surface area contributed by atoms with E-state index in [-0.39, 0.29) is 5.43 Å². The third-order valence-electron chi connectivity index (χ3n) is 3.85. The number of aryl methyl sites for hydroxylation is 2. The van der Waals surface area contributed by atoms with Gasteiger partial charge in [0.15, 0.2) is 5.43 Å². The second-order valence-corrected chi connectivity index (χ2v) is 5.88. The average molecular weight is 306 g/mol. The summed E-state index contributed by atoms with van der Waals surface area (Å²) in [6, 6.07) is 3.95. The van der Waals surface area contributed by atoms with Crippen LogP contribution in [-0.2, 0) is 12.8 Å². The normalized spacial score (nSPS) is 15.4. The summed E-state index contributed by atoms with van der Waals surface area (Å²) < 4.78 is 1.02. The molecule has 0 aliphatic heterocycles. The van der Waals surface area contributed by atoms with Crippen molar-refractivity contribution in [3.8, 4) is 0 Å². The first-order chi connectivity index (χ1) is 8.68. The van der Waals surface area contributed by atoms with Gasteiger partial charge in [0, 0.05) is 21.1 Å². The Kier molecular flexibility index (Phi) is 3.02. The standard InChI is InChI=1S/C15H16BrNO/c1-9-7-8-11-14(13(9)16)17-12-6-4-2-3-5-10(12)15(11)18/h7-8H,2-6H2,1H3,(H,17,18). The molecule has 0 amide bonds. The lowest BCUT2D eigenvalue weighted by atomic mass is 10.0. The van der Waals surface area contributed by atoms with E-state index in [1.807, 2.05) is 19.1 Å². The van der Waals surface area contributed by atoms with Gasteiger partial charge in [0.25, 0.3) is 0 Å². The van der Waals surface area contributed by atoms with Crippen LogP contribution < -0.4 is 5.43 Å². The predicted octanol–water partition coefficient (Wildman–Crippen LogP) is 3.87. The van der Waals surface area contributed by atoms with Crippen LogP contribution in [0.3, 0.4) is 0 Å². The van der Waals surface area contributed by atoms with Crippen molar-refractivity contribution in [3.63, 3.8) is 0 Å². The molecule has 0 saturated carbocycles. The third-order valence-corrected chi connectivity index (χ3v) is 4.87. The molecule has 0 fully saturated rings. The van der Waals surface area contributed by atoms with Crippen LogP contribution in [0.4, 0.5) is 0 Å². The predicted molar refractivity (Wildman–Crippen MR) is 78.3 cm³/mol. The van der Waals surface area contributed by atoms with Gasteiger partial charge in [0.1, 0.15) is 0 Å². The van der Waals surface area contributed by atoms with Crippen molar-refractivity contribution < 1.29 is 0 Å². The number of nitrogens with one attached hydrogen (secondary N) is 1. The number of pyridine rings is 1. The molecule has 1 aliphatic carbocycles. The molecule has 1 aliphatic rings. The minimum Gasteiger partial charge on any atom is -0.357 e. The molecule has 0 radical (unpaired) electrons. The van der Waals surface area contributed by atoms with Gasteiger partial charge in [-0.25, -0.2) is 0 Å². The fourth-order valence-corrected chi connectivity index (χ4v) is 3.22. The molecule has 2 aromatic rings. The summed E-state index contributed by atoms with van der Waals surface area (Å²) in [5.74, 6) is 0. The van der Waals surface area contributed by atoms with E-state index >= 15 is 0 Å². The summed E-state index contributed by atoms with van der Waals surface area (Å²) in [5.41, 5.74) is 4.50. The van der Waals surface area contributed by atoms with E-state index in [4.69, 9.17) is 0 Å². The van der Waals surface area contributed by atoms with Gasteiger partial charge < -0.3 is 4.98 Å². The highest BCUT2D eigenvalue weighted by molar-refractivity contribution is 9.10. The van der Waals surface area contributed by atoms with Gasteiger partial charge in [-0.2, -0.15) is 0 Å². The summed E-state index contributed by atoms with van der Waals surface area (Å²) in [4.78, 5) is 16.0. The molecule has 0 spiro atoms. The Balaban J connectivity index is 2.38. The molecule has 1 heterocycles. The van der Waals surface area contributed by atoms with E-state index in [1.54, 1.807) is 0 Å². The SMILES string of the molecule is Cc1ccc2c(=O)c3c([nH]c2c1Br)CCCCC3. The van der Waals surface area contributed by atoms with Crippen LogP contribution in [0.5, 0.6) is 0 Å². The van der Waals surface area contributed by atoms with Crippen LogP contribution in [-0.4, -0.2) is 4.98 Å². The molecule has 1 aromatic carbocycles. The third kappa shape index (κ3) is 1.81. The lowest BCUT2D eigenvalue weighted by Crippen LogP contribution is -2.14. The topological polar surface area (TPSA) is 32.9 Å². The van der Waals surface area contributed by atoms with E-state index in [1.165, 1.54) is 12.8 Å². The zero-order chi connectivity index (χ0) is 12.7. The quantitative estimate of drug-likeness (QED) is 0.736. The number of halogens is 1. The van der Waals surface area contributed by atoms with Crippen molar-refractivity contribution in [2.24, 2.45) is 0 Å². The van der Waals surface area contributed by atoms with Gasteiger partial charge in [0.2, 0.25) is 0 Å². The van der Waals surface area contributed by atoms with Gasteiger partial charge >= 0.3 is 0 Å². The maximum Gasteiger partial charge on any atom is 0.192 e. The smallest absolute Gasteiger partial charge is 0.192 e. The number of fused-ring (bicyclic) bond motifs is 2. The summed E-state index contributed by atoms with van der Waals surface area (Å²) in [6.45, 7) is 2.05. The summed E-state index contributed by atoms with van der Waals surface area (Å²) in [5, 5.41) is 0.813. The summed E-state index contributed by atoms with van der Waals surface area (Å²) in [6.07, 6.45) is 5.46. The van der Waals surface area contributed by atoms with Gasteiger partial charge in [-0.1, -0.05) is 12.5 Å². The molecular weight excluding hydrogens is 290 g/mol. The van der Waals surface area contributed by atoms with Crippen molar-refractivity contribution in [2.45, 2.75) is 39.0 Å². The maximum absolute atomic E-state index is 12.5. The van der Waals surface area contributed by atoms with Crippen molar-refractivity contribution in [3.05, 3.63) is 43.6 Å². The first-order valence-electron chi connectivity index (χ1n) is 6.51. The number of benzene rings is 1. The zero-order valence-electron chi connectivity index (χ0n) is 10.5. The average Bonchev–Trinajstić information content (AvgIpc) is 2.60. The van der Waals surface area contributed by atoms with E-state index in [0.29, 0.717) is 0 Å². The van der Waals surface area contributed by atoms with Gasteiger partial charge in [-0.05, 0) is 60.2 Å². The Labute approximate surface area is 115 Å². The van der Waals surface area contributed by atoms with Crippen molar-refractivity contribution in [2.75, 3.05) is 0 Å². The molecule has 0 saturated heterocycles. The first-order valence-corrected chi connectivity index (χ1v) is 7.30. The van der Waals surface area contributed by atoms with Crippen molar-refractivity contribution >= 4 is 26.8 Å². The molecule has 3 heteroatoms. The molecule has 2 nitrogen and oxygen atoms in total. The molecule has 1 N–H and O–H groups in total. The Morgan fingerprint density at radius 2 is 1.94 bits per heavy atom. The molecule has 0 unspecified atom stereocenters. The van der Waals surface area contributed by atoms with Crippen molar-refractivity contribution in [1.82, 2.24) is 4.98 Å². The number of aromatic nitrogens is 1. The van der Waals surface area contributed by atoms with Crippen LogP contribution in [0.2, 0.25) is 0 Å². The number of hydrogen-bond acceptors (Lipinski definition) is 1. The minimum absolute atomic E-state index is 0.223. The second kappa shape index (κ2) is 4.54. The molecular formula is C15H16BrNO. The van der Waals surface area contributed by atoms with Gasteiger partial charge in [-0.3, -0.25) is 4.79 Å². The summed E-state index contributed by atoms with van der Waals surface area (Å²) >= 11 is 3.59. The Bertz CT molecular complexity index is 672. The maximum atomic E-state index is 12.5. The van der Waals surface area contributed by atoms with Crippen LogP contribution in [0.25, 0.3) is 10.9 Å². The van der Waals surface area contributed by atoms with Crippen LogP contribution in [0.15, 0.2) is 21.4 Å². The Hall–Kier alpha value is -1.09. The van der Waals surface area contributed by atoms with Gasteiger partial charge in [-0.15, -0.1) is 0 Å². The fourth-order valence-electron chi connectivity index (χ4n) is 2.78. The van der Waals surface area contributed by atoms with Gasteiger partial charge in [0.05, 0.1) is 5.52 Å². The molecule has 3 rings (SSSR count). The lowest BCUT2D eigenvalue weighted by molar-refractivity contribution is 0.708. The molecule has 1 aromatic heterocycles. The van der Waals surface area contributed by atoms with Crippen LogP contribution in [0, 0.1) is 6.92 Å². The van der Waals surface area contributed by atoms with Crippen LogP contribution >= 0.6 is 15.9 Å². The molecule has 0 atom stereocenters. The number of H-pyrrole nitrogens is 1. The lowest BCUT2D eigenvalue weighted by Gasteiger charge is -2.10. The number of hydrogen-bond donors (Lipinski definition) is 1. The van der Waals surface area contributed by atoms with Crippen molar-refractivity contribution in [1.29, 1.82) is 0 Å². The van der Waals surface area contributed by atoms with E-state index in [2.05, 4.69) is 20.9 Å². The molecule has 94 valence electrons. The fraction of sp³-hybridized carbons (Fsp3) is 0.400. The monoisotopic (exact) mass is 305 g/mol. The van der Waals surface area contributed by atoms with Crippen LogP contribution in [0.1, 0.15) is 36.1 Å². The highest BCUT2D eigenvalue weighted by atomic mass is 79.9. The highest BCUT2D eigenvalue weighted by Gasteiger charge is 2.16. The Morgan fingerprint density at radius 3 is 2.78 bits per heavy atom. The second-order valence-electron chi connectivity index (χ2n) is 5.09. The van der Waals surface area contributed by atoms with E-state index < -0.39 is 0 Å². The molecule has 18 heavy (non-hydrogen) atoms. The van der Waals surface area contributed by atoms with E-state index in [0.717, 1.165) is 51.5 Å². The van der Waals surface area contributed by atoms with E-state index in [9.17, 15) is 4.79 Å². The first kappa shape index (κ1) is 12.0. The summed E-state index contributed by atoms with van der Waals surface area (Å²) in [7, 11) is 0. The minimum atomic E-state index is 0.223. The number of aromatic amines is 1. The highest BCUT2D eigenvalue weighted by Crippen LogP contribution is 2.26.